The van der Waals surface area contributed by atoms with Crippen molar-refractivity contribution in [2.45, 2.75) is 30.7 Å². The molecule has 1 N–H and O–H groups in total. The number of hydrogen-bond donors (Lipinski definition) is 1. The summed E-state index contributed by atoms with van der Waals surface area (Å²) in [6.07, 6.45) is 2.42. The van der Waals surface area contributed by atoms with Crippen LogP contribution in [0.1, 0.15) is 19.8 Å². The van der Waals surface area contributed by atoms with Crippen molar-refractivity contribution in [1.82, 2.24) is 5.32 Å². The van der Waals surface area contributed by atoms with Gasteiger partial charge in [-0.15, -0.1) is 0 Å². The van der Waals surface area contributed by atoms with Gasteiger partial charge in [-0.05, 0) is 30.8 Å². The summed E-state index contributed by atoms with van der Waals surface area (Å²) in [6, 6.07) is 7.48. The Morgan fingerprint density at radius 2 is 2.00 bits per heavy atom. The quantitative estimate of drug-likeness (QED) is 0.608. The minimum atomic E-state index is -3.63. The molecule has 1 aromatic rings. The Bertz CT molecular complexity index is 639. The second-order valence-electron chi connectivity index (χ2n) is 4.53. The lowest BCUT2D eigenvalue weighted by atomic mass is 10.2. The van der Waals surface area contributed by atoms with E-state index in [4.69, 9.17) is 17.0 Å². The van der Waals surface area contributed by atoms with Gasteiger partial charge >= 0.3 is 0 Å². The zero-order valence-electron chi connectivity index (χ0n) is 12.5. The standard InChI is InChI=1S/C15H19NO4S2/c1-3-7-13(15(21)20-2)16-14(17)10-11-22(18,19)12-8-5-4-6-9-12/h4-6,8-11,13H,3,7H2,1-2H3,(H,16,17)/t13-/m0/s1. The number of methoxy groups -OCH3 is 1. The van der Waals surface area contributed by atoms with Gasteiger partial charge in [-0.2, -0.15) is 0 Å². The highest BCUT2D eigenvalue weighted by Gasteiger charge is 2.16. The van der Waals surface area contributed by atoms with Crippen LogP contribution < -0.4 is 5.32 Å². The first kappa shape index (κ1) is 18.3. The molecular formula is C15H19NO4S2. The molecule has 120 valence electrons. The third kappa shape index (κ3) is 5.57. The molecule has 0 aliphatic heterocycles. The van der Waals surface area contributed by atoms with Gasteiger partial charge in [-0.25, -0.2) is 8.42 Å². The molecule has 0 spiro atoms. The fourth-order valence-corrected chi connectivity index (χ4v) is 2.91. The predicted molar refractivity (Wildman–Crippen MR) is 89.2 cm³/mol. The van der Waals surface area contributed by atoms with E-state index in [1.54, 1.807) is 18.2 Å². The normalized spacial score (nSPS) is 12.8. The number of hydrogen-bond acceptors (Lipinski definition) is 5. The Balaban J connectivity index is 2.77. The third-order valence-electron chi connectivity index (χ3n) is 2.85. The first-order chi connectivity index (χ1) is 10.4. The van der Waals surface area contributed by atoms with Crippen molar-refractivity contribution < 1.29 is 17.9 Å². The molecule has 22 heavy (non-hydrogen) atoms. The average Bonchev–Trinajstić information content (AvgIpc) is 2.52. The van der Waals surface area contributed by atoms with Crippen LogP contribution in [0.25, 0.3) is 0 Å². The molecule has 0 unspecified atom stereocenters. The monoisotopic (exact) mass is 341 g/mol. The first-order valence-corrected chi connectivity index (χ1v) is 8.72. The second kappa shape index (κ2) is 8.65. The summed E-state index contributed by atoms with van der Waals surface area (Å²) in [6.45, 7) is 1.95. The average molecular weight is 341 g/mol. The number of amides is 1. The predicted octanol–water partition coefficient (Wildman–Crippen LogP) is 2.23. The highest BCUT2D eigenvalue weighted by molar-refractivity contribution is 7.94. The Morgan fingerprint density at radius 3 is 2.55 bits per heavy atom. The molecule has 0 aliphatic rings. The largest absolute Gasteiger partial charge is 0.488 e. The Kier molecular flexibility index (Phi) is 7.20. The molecular weight excluding hydrogens is 322 g/mol. The van der Waals surface area contributed by atoms with Crippen molar-refractivity contribution in [2.75, 3.05) is 7.11 Å². The van der Waals surface area contributed by atoms with Crippen LogP contribution in [0.5, 0.6) is 0 Å². The summed E-state index contributed by atoms with van der Waals surface area (Å²) in [5.41, 5.74) is 0. The molecule has 5 nitrogen and oxygen atoms in total. The van der Waals surface area contributed by atoms with E-state index in [1.165, 1.54) is 19.2 Å². The zero-order valence-corrected chi connectivity index (χ0v) is 14.1. The molecule has 1 atom stereocenters. The van der Waals surface area contributed by atoms with Crippen LogP contribution in [0.3, 0.4) is 0 Å². The van der Waals surface area contributed by atoms with Gasteiger partial charge in [0.15, 0.2) is 14.9 Å². The maximum atomic E-state index is 12.0. The number of sulfone groups is 1. The molecule has 0 bridgehead atoms. The van der Waals surface area contributed by atoms with Crippen molar-refractivity contribution in [3.05, 3.63) is 41.8 Å². The maximum absolute atomic E-state index is 12.0. The Morgan fingerprint density at radius 1 is 1.36 bits per heavy atom. The fourth-order valence-electron chi connectivity index (χ4n) is 1.74. The van der Waals surface area contributed by atoms with E-state index in [1.807, 2.05) is 6.92 Å². The van der Waals surface area contributed by atoms with Crippen molar-refractivity contribution in [3.63, 3.8) is 0 Å². The van der Waals surface area contributed by atoms with Gasteiger partial charge in [-0.1, -0.05) is 31.5 Å². The maximum Gasteiger partial charge on any atom is 0.245 e. The van der Waals surface area contributed by atoms with E-state index in [0.717, 1.165) is 17.9 Å². The van der Waals surface area contributed by atoms with Gasteiger partial charge in [0.05, 0.1) is 18.0 Å². The van der Waals surface area contributed by atoms with Crippen LogP contribution in [0, 0.1) is 0 Å². The summed E-state index contributed by atoms with van der Waals surface area (Å²) < 4.78 is 29.0. The number of benzene rings is 1. The summed E-state index contributed by atoms with van der Waals surface area (Å²) in [5, 5.41) is 3.79. The van der Waals surface area contributed by atoms with Crippen molar-refractivity contribution in [2.24, 2.45) is 0 Å². The lowest BCUT2D eigenvalue weighted by Gasteiger charge is -2.16. The molecule has 0 fully saturated rings. The number of carbonyl (C=O) groups is 1. The van der Waals surface area contributed by atoms with Gasteiger partial charge in [0.2, 0.25) is 5.91 Å². The van der Waals surface area contributed by atoms with E-state index in [-0.39, 0.29) is 9.95 Å². The molecule has 0 aromatic heterocycles. The summed E-state index contributed by atoms with van der Waals surface area (Å²) >= 11 is 5.02. The molecule has 7 heteroatoms. The lowest BCUT2D eigenvalue weighted by molar-refractivity contribution is -0.116. The van der Waals surface area contributed by atoms with Gasteiger partial charge in [0, 0.05) is 11.5 Å². The number of rotatable bonds is 7. The van der Waals surface area contributed by atoms with Gasteiger partial charge < -0.3 is 10.1 Å². The van der Waals surface area contributed by atoms with Crippen LogP contribution in [0.4, 0.5) is 0 Å². The van der Waals surface area contributed by atoms with E-state index in [2.05, 4.69) is 5.32 Å². The third-order valence-corrected chi connectivity index (χ3v) is 4.72. The first-order valence-electron chi connectivity index (χ1n) is 6.77. The molecule has 0 aliphatic carbocycles. The number of ether oxygens (including phenoxy) is 1. The molecule has 1 aromatic carbocycles. The van der Waals surface area contributed by atoms with E-state index in [9.17, 15) is 13.2 Å². The summed E-state index contributed by atoms with van der Waals surface area (Å²) in [7, 11) is -2.20. The zero-order chi connectivity index (χ0) is 16.6. The highest BCUT2D eigenvalue weighted by Crippen LogP contribution is 2.11. The molecule has 1 amide bonds. The topological polar surface area (TPSA) is 72.5 Å². The molecule has 0 saturated carbocycles. The molecule has 0 saturated heterocycles. The van der Waals surface area contributed by atoms with Crippen LogP contribution >= 0.6 is 12.2 Å². The van der Waals surface area contributed by atoms with Crippen LogP contribution in [-0.2, 0) is 19.4 Å². The number of nitrogens with one attached hydrogen (secondary N) is 1. The fraction of sp³-hybridized carbons (Fsp3) is 0.333. The lowest BCUT2D eigenvalue weighted by Crippen LogP contribution is -2.39. The summed E-state index contributed by atoms with van der Waals surface area (Å²) in [5.74, 6) is -0.530. The molecule has 1 rings (SSSR count). The van der Waals surface area contributed by atoms with Crippen molar-refractivity contribution in [1.29, 1.82) is 0 Å². The molecule has 0 heterocycles. The highest BCUT2D eigenvalue weighted by atomic mass is 32.2. The molecule has 0 radical (unpaired) electrons. The van der Waals surface area contributed by atoms with Crippen molar-refractivity contribution >= 4 is 33.0 Å². The smallest absolute Gasteiger partial charge is 0.245 e. The summed E-state index contributed by atoms with van der Waals surface area (Å²) in [4.78, 5) is 12.0. The minimum Gasteiger partial charge on any atom is -0.488 e. The van der Waals surface area contributed by atoms with E-state index in [0.29, 0.717) is 6.42 Å². The number of thiocarbonyl (C=S) groups is 1. The second-order valence-corrected chi connectivity index (χ2v) is 6.77. The van der Waals surface area contributed by atoms with Gasteiger partial charge in [0.25, 0.3) is 0 Å². The van der Waals surface area contributed by atoms with Crippen molar-refractivity contribution in [3.8, 4) is 0 Å². The SMILES string of the molecule is CCC[C@H](NC(=O)C=CS(=O)(=O)c1ccccc1)C(=S)OC. The van der Waals surface area contributed by atoms with Gasteiger partial charge in [0.1, 0.15) is 0 Å². The van der Waals surface area contributed by atoms with Gasteiger partial charge in [-0.3, -0.25) is 4.79 Å². The van der Waals surface area contributed by atoms with Crippen LogP contribution in [-0.4, -0.2) is 32.5 Å². The number of carbonyl (C=O) groups excluding carboxylic acids is 1. The minimum absolute atomic E-state index is 0.136. The van der Waals surface area contributed by atoms with E-state index < -0.39 is 21.8 Å². The Hall–Kier alpha value is -1.73. The van der Waals surface area contributed by atoms with Crippen LogP contribution in [0.2, 0.25) is 0 Å². The van der Waals surface area contributed by atoms with E-state index >= 15 is 0 Å². The Labute approximate surface area is 136 Å². The van der Waals surface area contributed by atoms with Crippen LogP contribution in [0.15, 0.2) is 46.7 Å².